The summed E-state index contributed by atoms with van der Waals surface area (Å²) in [6, 6.07) is 11.1. The fraction of sp³-hybridized carbons (Fsp3) is 0.333. The number of carbonyl (C=O) groups is 1. The quantitative estimate of drug-likeness (QED) is 0.570. The van der Waals surface area contributed by atoms with Crippen LogP contribution in [0, 0.1) is 0 Å². The Morgan fingerprint density at radius 1 is 1.25 bits per heavy atom. The van der Waals surface area contributed by atoms with Gasteiger partial charge in [-0.2, -0.15) is 0 Å². The van der Waals surface area contributed by atoms with Crippen LogP contribution in [-0.4, -0.2) is 23.7 Å². The van der Waals surface area contributed by atoms with Gasteiger partial charge in [0.05, 0.1) is 6.61 Å². The number of nitrogens with zero attached hydrogens (tertiary/aromatic N) is 1. The Labute approximate surface area is 141 Å². The van der Waals surface area contributed by atoms with Crippen LogP contribution in [0.25, 0.3) is 0 Å². The van der Waals surface area contributed by atoms with Crippen LogP contribution < -0.4 is 21.3 Å². The first-order valence-electron chi connectivity index (χ1n) is 8.09. The molecule has 0 aliphatic heterocycles. The number of unbranched alkanes of at least 4 members (excludes halogenated alkanes) is 1. The molecule has 0 saturated heterocycles. The predicted molar refractivity (Wildman–Crippen MR) is 93.7 cm³/mol. The number of benzene rings is 1. The lowest BCUT2D eigenvalue weighted by Crippen LogP contribution is -2.33. The zero-order valence-electron chi connectivity index (χ0n) is 13.8. The molecule has 0 saturated carbocycles. The van der Waals surface area contributed by atoms with Gasteiger partial charge >= 0.3 is 0 Å². The zero-order valence-corrected chi connectivity index (χ0v) is 13.8. The highest BCUT2D eigenvalue weighted by molar-refractivity contribution is 5.95. The van der Waals surface area contributed by atoms with Gasteiger partial charge in [0.25, 0.3) is 5.91 Å². The zero-order chi connectivity index (χ0) is 17.4. The van der Waals surface area contributed by atoms with E-state index in [1.807, 2.05) is 37.3 Å². The van der Waals surface area contributed by atoms with Crippen molar-refractivity contribution < 1.29 is 9.53 Å². The summed E-state index contributed by atoms with van der Waals surface area (Å²) in [5, 5.41) is 2.79. The molecule has 24 heavy (non-hydrogen) atoms. The van der Waals surface area contributed by atoms with E-state index in [1.54, 1.807) is 0 Å². The molecule has 1 aromatic heterocycles. The first kappa shape index (κ1) is 17.6. The van der Waals surface area contributed by atoms with E-state index in [9.17, 15) is 9.59 Å². The maximum Gasteiger partial charge on any atom is 0.273 e. The van der Waals surface area contributed by atoms with E-state index >= 15 is 0 Å². The van der Waals surface area contributed by atoms with Crippen LogP contribution in [0.2, 0.25) is 0 Å². The molecule has 2 aromatic rings. The summed E-state index contributed by atoms with van der Waals surface area (Å²) < 4.78 is 6.63. The van der Waals surface area contributed by atoms with Gasteiger partial charge in [0.15, 0.2) is 11.4 Å². The summed E-state index contributed by atoms with van der Waals surface area (Å²) in [5.74, 6) is 5.40. The SMILES string of the molecule is CCCCOc1c(C(=O)NCCc2ccccc2)n(N)ccc1=O. The van der Waals surface area contributed by atoms with Gasteiger partial charge in [-0.15, -0.1) is 0 Å². The average molecular weight is 329 g/mol. The van der Waals surface area contributed by atoms with E-state index in [-0.39, 0.29) is 16.9 Å². The van der Waals surface area contributed by atoms with Crippen LogP contribution in [0.5, 0.6) is 5.75 Å². The van der Waals surface area contributed by atoms with Crippen molar-refractivity contribution in [2.75, 3.05) is 19.0 Å². The second-order valence-corrected chi connectivity index (χ2v) is 5.46. The molecule has 128 valence electrons. The van der Waals surface area contributed by atoms with Crippen molar-refractivity contribution in [3.05, 3.63) is 64.1 Å². The van der Waals surface area contributed by atoms with Crippen molar-refractivity contribution in [3.63, 3.8) is 0 Å². The molecule has 0 radical (unpaired) electrons. The van der Waals surface area contributed by atoms with Gasteiger partial charge in [-0.3, -0.25) is 14.3 Å². The molecule has 0 fully saturated rings. The topological polar surface area (TPSA) is 86.3 Å². The largest absolute Gasteiger partial charge is 0.487 e. The number of hydrogen-bond donors (Lipinski definition) is 2. The van der Waals surface area contributed by atoms with Crippen LogP contribution >= 0.6 is 0 Å². The third-order valence-corrected chi connectivity index (χ3v) is 3.59. The Morgan fingerprint density at radius 3 is 2.71 bits per heavy atom. The molecule has 1 heterocycles. The lowest BCUT2D eigenvalue weighted by molar-refractivity contribution is 0.0940. The van der Waals surface area contributed by atoms with E-state index in [4.69, 9.17) is 10.6 Å². The van der Waals surface area contributed by atoms with E-state index < -0.39 is 5.91 Å². The highest BCUT2D eigenvalue weighted by atomic mass is 16.5. The van der Waals surface area contributed by atoms with Crippen LogP contribution in [0.4, 0.5) is 0 Å². The maximum atomic E-state index is 12.4. The number of hydrogen-bond acceptors (Lipinski definition) is 4. The summed E-state index contributed by atoms with van der Waals surface area (Å²) in [6.45, 7) is 2.84. The van der Waals surface area contributed by atoms with E-state index in [0.717, 1.165) is 23.1 Å². The number of nitrogen functional groups attached to an aromatic ring is 1. The molecule has 0 spiro atoms. The number of rotatable bonds is 8. The molecule has 0 unspecified atom stereocenters. The fourth-order valence-corrected chi connectivity index (χ4v) is 2.26. The minimum absolute atomic E-state index is 0.00524. The summed E-state index contributed by atoms with van der Waals surface area (Å²) in [5.41, 5.74) is 0.822. The number of ether oxygens (including phenoxy) is 1. The van der Waals surface area contributed by atoms with Crippen LogP contribution in [-0.2, 0) is 6.42 Å². The third kappa shape index (κ3) is 4.62. The molecule has 0 aliphatic rings. The lowest BCUT2D eigenvalue weighted by Gasteiger charge is -2.14. The van der Waals surface area contributed by atoms with Gasteiger partial charge in [-0.1, -0.05) is 43.7 Å². The molecule has 0 aliphatic carbocycles. The van der Waals surface area contributed by atoms with Crippen molar-refractivity contribution in [1.82, 2.24) is 9.99 Å². The van der Waals surface area contributed by atoms with Crippen molar-refractivity contribution >= 4 is 5.91 Å². The van der Waals surface area contributed by atoms with Gasteiger partial charge in [0.2, 0.25) is 5.43 Å². The molecule has 6 heteroatoms. The summed E-state index contributed by atoms with van der Waals surface area (Å²) in [6.07, 6.45) is 3.79. The summed E-state index contributed by atoms with van der Waals surface area (Å²) in [4.78, 5) is 24.4. The van der Waals surface area contributed by atoms with Gasteiger partial charge < -0.3 is 15.9 Å². The van der Waals surface area contributed by atoms with Gasteiger partial charge in [-0.05, 0) is 18.4 Å². The Morgan fingerprint density at radius 2 is 2.00 bits per heavy atom. The van der Waals surface area contributed by atoms with Gasteiger partial charge in [-0.25, -0.2) is 0 Å². The lowest BCUT2D eigenvalue weighted by atomic mass is 10.1. The minimum Gasteiger partial charge on any atom is -0.487 e. The van der Waals surface area contributed by atoms with Crippen molar-refractivity contribution in [2.45, 2.75) is 26.2 Å². The monoisotopic (exact) mass is 329 g/mol. The van der Waals surface area contributed by atoms with Crippen molar-refractivity contribution in [1.29, 1.82) is 0 Å². The Bertz CT molecular complexity index is 726. The second-order valence-electron chi connectivity index (χ2n) is 5.46. The number of carbonyl (C=O) groups excluding carboxylic acids is 1. The van der Waals surface area contributed by atoms with Crippen LogP contribution in [0.3, 0.4) is 0 Å². The summed E-state index contributed by atoms with van der Waals surface area (Å²) in [7, 11) is 0. The standard InChI is InChI=1S/C18H23N3O3/c1-2-3-13-24-17-15(22)10-12-21(19)16(17)18(23)20-11-9-14-7-5-4-6-8-14/h4-8,10,12H,2-3,9,11,13,19H2,1H3,(H,20,23). The van der Waals surface area contributed by atoms with E-state index in [2.05, 4.69) is 5.32 Å². The van der Waals surface area contributed by atoms with Crippen LogP contribution in [0.1, 0.15) is 35.8 Å². The maximum absolute atomic E-state index is 12.4. The second kappa shape index (κ2) is 8.76. The normalized spacial score (nSPS) is 10.4. The Balaban J connectivity index is 2.07. The highest BCUT2D eigenvalue weighted by Gasteiger charge is 2.19. The molecule has 0 atom stereocenters. The third-order valence-electron chi connectivity index (χ3n) is 3.59. The molecule has 0 bridgehead atoms. The number of nitrogens with two attached hydrogens (primary N) is 1. The molecule has 1 aromatic carbocycles. The fourth-order valence-electron chi connectivity index (χ4n) is 2.26. The number of pyridine rings is 1. The number of aromatic nitrogens is 1. The molecular formula is C18H23N3O3. The molecular weight excluding hydrogens is 306 g/mol. The first-order chi connectivity index (χ1) is 11.6. The Kier molecular flexibility index (Phi) is 6.42. The molecule has 6 nitrogen and oxygen atoms in total. The van der Waals surface area contributed by atoms with E-state index in [1.165, 1.54) is 12.3 Å². The number of nitrogens with one attached hydrogen (secondary N) is 1. The smallest absolute Gasteiger partial charge is 0.273 e. The predicted octanol–water partition coefficient (Wildman–Crippen LogP) is 1.71. The first-order valence-corrected chi connectivity index (χ1v) is 8.09. The minimum atomic E-state index is -0.419. The van der Waals surface area contributed by atoms with E-state index in [0.29, 0.717) is 19.6 Å². The summed E-state index contributed by atoms with van der Waals surface area (Å²) >= 11 is 0. The highest BCUT2D eigenvalue weighted by Crippen LogP contribution is 2.12. The molecule has 2 rings (SSSR count). The van der Waals surface area contributed by atoms with Crippen molar-refractivity contribution in [3.8, 4) is 5.75 Å². The average Bonchev–Trinajstić information content (AvgIpc) is 2.59. The van der Waals surface area contributed by atoms with Gasteiger partial charge in [0, 0.05) is 18.8 Å². The molecule has 1 amide bonds. The number of amides is 1. The molecule has 3 N–H and O–H groups in total. The Hall–Kier alpha value is -2.76. The van der Waals surface area contributed by atoms with Crippen LogP contribution in [0.15, 0.2) is 47.4 Å². The van der Waals surface area contributed by atoms with Crippen molar-refractivity contribution in [2.24, 2.45) is 0 Å². The van der Waals surface area contributed by atoms with Gasteiger partial charge in [0.1, 0.15) is 0 Å².